The zero-order chi connectivity index (χ0) is 21.2. The molecule has 0 saturated carbocycles. The molecule has 6 heteroatoms. The van der Waals surface area contributed by atoms with Crippen molar-refractivity contribution in [3.63, 3.8) is 0 Å². The molecule has 0 unspecified atom stereocenters. The molecule has 0 atom stereocenters. The van der Waals surface area contributed by atoms with Gasteiger partial charge in [0.2, 0.25) is 0 Å². The highest BCUT2D eigenvalue weighted by Crippen LogP contribution is 2.28. The minimum absolute atomic E-state index is 0.416. The third kappa shape index (κ3) is 6.39. The normalized spacial score (nSPS) is 11.6. The van der Waals surface area contributed by atoms with Gasteiger partial charge in [-0.05, 0) is 47.4 Å². The van der Waals surface area contributed by atoms with Crippen LogP contribution in [0.3, 0.4) is 0 Å². The summed E-state index contributed by atoms with van der Waals surface area (Å²) in [5.41, 5.74) is 10.3. The molecule has 0 fully saturated rings. The topological polar surface area (TPSA) is 69.2 Å². The molecule has 0 aromatic heterocycles. The van der Waals surface area contributed by atoms with Crippen LogP contribution in [0, 0.1) is 6.92 Å². The summed E-state index contributed by atoms with van der Waals surface area (Å²) in [5, 5.41) is 8.59. The van der Waals surface area contributed by atoms with Crippen molar-refractivity contribution in [2.75, 3.05) is 7.11 Å². The third-order valence-electron chi connectivity index (χ3n) is 4.42. The number of nitrogens with zero attached hydrogens (tertiary/aromatic N) is 2. The molecular formula is C24H25N3O2S. The fourth-order valence-electron chi connectivity index (χ4n) is 2.73. The van der Waals surface area contributed by atoms with E-state index in [9.17, 15) is 0 Å². The van der Waals surface area contributed by atoms with E-state index in [1.54, 1.807) is 13.3 Å². The maximum atomic E-state index is 6.00. The van der Waals surface area contributed by atoms with Crippen molar-refractivity contribution in [2.45, 2.75) is 19.3 Å². The van der Waals surface area contributed by atoms with Crippen LogP contribution in [-0.2, 0) is 12.4 Å². The molecule has 0 bridgehead atoms. The Bertz CT molecular complexity index is 1020. The van der Waals surface area contributed by atoms with E-state index in [1.165, 1.54) is 22.9 Å². The Labute approximate surface area is 181 Å². The van der Waals surface area contributed by atoms with E-state index in [1.807, 2.05) is 48.5 Å². The smallest absolute Gasteiger partial charge is 0.180 e. The van der Waals surface area contributed by atoms with Crippen molar-refractivity contribution in [3.05, 3.63) is 95.1 Å². The fraction of sp³-hybridized carbons (Fsp3) is 0.167. The predicted molar refractivity (Wildman–Crippen MR) is 125 cm³/mol. The van der Waals surface area contributed by atoms with Gasteiger partial charge in [-0.3, -0.25) is 0 Å². The number of methoxy groups -OCH3 is 1. The molecule has 3 aromatic carbocycles. The number of aryl methyl sites for hydroxylation is 1. The van der Waals surface area contributed by atoms with Crippen molar-refractivity contribution < 1.29 is 9.47 Å². The molecule has 5 nitrogen and oxygen atoms in total. The van der Waals surface area contributed by atoms with Gasteiger partial charge in [-0.2, -0.15) is 5.10 Å². The number of rotatable bonds is 8. The molecule has 3 aromatic rings. The number of hydrogen-bond acceptors (Lipinski definition) is 5. The first-order valence-corrected chi connectivity index (χ1v) is 10.5. The van der Waals surface area contributed by atoms with Crippen LogP contribution in [-0.4, -0.2) is 18.5 Å². The summed E-state index contributed by atoms with van der Waals surface area (Å²) < 4.78 is 11.4. The van der Waals surface area contributed by atoms with Gasteiger partial charge in [0, 0.05) is 5.75 Å². The van der Waals surface area contributed by atoms with Crippen LogP contribution >= 0.6 is 11.8 Å². The van der Waals surface area contributed by atoms with E-state index in [4.69, 9.17) is 15.2 Å². The number of hydrogen-bond donors (Lipinski definition) is 1. The van der Waals surface area contributed by atoms with E-state index < -0.39 is 0 Å². The highest BCUT2D eigenvalue weighted by Gasteiger charge is 2.07. The molecule has 0 aliphatic rings. The van der Waals surface area contributed by atoms with Crippen molar-refractivity contribution in [3.8, 4) is 11.5 Å². The number of thioether (sulfide) groups is 1. The highest BCUT2D eigenvalue weighted by molar-refractivity contribution is 8.13. The molecule has 0 amide bonds. The summed E-state index contributed by atoms with van der Waals surface area (Å²) in [6.45, 7) is 2.53. The maximum Gasteiger partial charge on any atom is 0.180 e. The monoisotopic (exact) mass is 419 g/mol. The summed E-state index contributed by atoms with van der Waals surface area (Å²) in [6.07, 6.45) is 1.65. The van der Waals surface area contributed by atoms with Crippen molar-refractivity contribution >= 4 is 23.1 Å². The third-order valence-corrected chi connectivity index (χ3v) is 5.28. The fourth-order valence-corrected chi connectivity index (χ4v) is 3.34. The van der Waals surface area contributed by atoms with Crippen LogP contribution < -0.4 is 15.2 Å². The predicted octanol–water partition coefficient (Wildman–Crippen LogP) is 5.16. The molecule has 2 N–H and O–H groups in total. The van der Waals surface area contributed by atoms with Crippen molar-refractivity contribution in [1.82, 2.24) is 0 Å². The minimum atomic E-state index is 0.416. The molecule has 0 heterocycles. The van der Waals surface area contributed by atoms with E-state index in [-0.39, 0.29) is 0 Å². The lowest BCUT2D eigenvalue weighted by Crippen LogP contribution is -2.06. The van der Waals surface area contributed by atoms with Crippen LogP contribution in [0.15, 0.2) is 83.0 Å². The lowest BCUT2D eigenvalue weighted by Gasteiger charge is -2.12. The van der Waals surface area contributed by atoms with E-state index in [2.05, 4.69) is 41.4 Å². The van der Waals surface area contributed by atoms with Gasteiger partial charge in [0.05, 0.1) is 13.3 Å². The van der Waals surface area contributed by atoms with Gasteiger partial charge < -0.3 is 15.2 Å². The molecule has 154 valence electrons. The first-order valence-electron chi connectivity index (χ1n) is 9.54. The Hall–Kier alpha value is -3.25. The first-order chi connectivity index (χ1) is 14.7. The highest BCUT2D eigenvalue weighted by atomic mass is 32.2. The summed E-state index contributed by atoms with van der Waals surface area (Å²) in [7, 11) is 1.62. The van der Waals surface area contributed by atoms with Gasteiger partial charge in [0.15, 0.2) is 16.7 Å². The van der Waals surface area contributed by atoms with E-state index in [0.717, 1.165) is 16.9 Å². The maximum absolute atomic E-state index is 6.00. The Morgan fingerprint density at radius 1 is 1.00 bits per heavy atom. The van der Waals surface area contributed by atoms with Crippen LogP contribution in [0.2, 0.25) is 0 Å². The van der Waals surface area contributed by atoms with Gasteiger partial charge >= 0.3 is 0 Å². The zero-order valence-electron chi connectivity index (χ0n) is 17.1. The quantitative estimate of drug-likeness (QED) is 0.311. The van der Waals surface area contributed by atoms with Crippen LogP contribution in [0.4, 0.5) is 0 Å². The second-order valence-corrected chi connectivity index (χ2v) is 7.58. The number of benzene rings is 3. The standard InChI is InChI=1S/C24H25N3O2S/c1-18-8-6-7-11-21(18)16-29-23-14-20(12-13-22(23)28-2)15-26-27-24(25)30-17-19-9-4-3-5-10-19/h3-15H,16-17H2,1-2H3,(H2,25,27). The summed E-state index contributed by atoms with van der Waals surface area (Å²) in [6, 6.07) is 23.9. The number of ether oxygens (including phenoxy) is 2. The molecule has 0 spiro atoms. The molecular weight excluding hydrogens is 394 g/mol. The van der Waals surface area contributed by atoms with Gasteiger partial charge in [-0.15, -0.1) is 5.10 Å². The van der Waals surface area contributed by atoms with Crippen LogP contribution in [0.5, 0.6) is 11.5 Å². The van der Waals surface area contributed by atoms with Gasteiger partial charge in [-0.1, -0.05) is 66.4 Å². The summed E-state index contributed by atoms with van der Waals surface area (Å²) in [4.78, 5) is 0. The Morgan fingerprint density at radius 2 is 1.77 bits per heavy atom. The molecule has 3 rings (SSSR count). The Morgan fingerprint density at radius 3 is 2.53 bits per heavy atom. The first kappa shape index (κ1) is 21.5. The van der Waals surface area contributed by atoms with Crippen molar-refractivity contribution in [2.24, 2.45) is 15.9 Å². The molecule has 0 aliphatic heterocycles. The van der Waals surface area contributed by atoms with E-state index >= 15 is 0 Å². The minimum Gasteiger partial charge on any atom is -0.493 e. The molecule has 30 heavy (non-hydrogen) atoms. The Kier molecular flexibility index (Phi) is 7.92. The second kappa shape index (κ2) is 11.1. The molecule has 0 saturated heterocycles. The van der Waals surface area contributed by atoms with Gasteiger partial charge in [0.1, 0.15) is 6.61 Å². The SMILES string of the molecule is COc1ccc(C=NN=C(N)SCc2ccccc2)cc1OCc1ccccc1C. The summed E-state index contributed by atoms with van der Waals surface area (Å²) >= 11 is 1.45. The number of amidine groups is 1. The van der Waals surface area contributed by atoms with Gasteiger partial charge in [0.25, 0.3) is 0 Å². The zero-order valence-corrected chi connectivity index (χ0v) is 17.9. The lowest BCUT2D eigenvalue weighted by molar-refractivity contribution is 0.284. The average Bonchev–Trinajstić information content (AvgIpc) is 2.78. The summed E-state index contributed by atoms with van der Waals surface area (Å²) in [5.74, 6) is 2.08. The average molecular weight is 420 g/mol. The Balaban J connectivity index is 1.62. The number of nitrogens with two attached hydrogens (primary N) is 1. The molecule has 0 aliphatic carbocycles. The lowest BCUT2D eigenvalue weighted by atomic mass is 10.1. The molecule has 0 radical (unpaired) electrons. The van der Waals surface area contributed by atoms with Gasteiger partial charge in [-0.25, -0.2) is 0 Å². The largest absolute Gasteiger partial charge is 0.493 e. The van der Waals surface area contributed by atoms with E-state index in [0.29, 0.717) is 23.3 Å². The van der Waals surface area contributed by atoms with Crippen molar-refractivity contribution in [1.29, 1.82) is 0 Å². The van der Waals surface area contributed by atoms with Crippen LogP contribution in [0.25, 0.3) is 0 Å². The second-order valence-electron chi connectivity index (χ2n) is 6.58. The van der Waals surface area contributed by atoms with Crippen LogP contribution in [0.1, 0.15) is 22.3 Å².